The summed E-state index contributed by atoms with van der Waals surface area (Å²) in [4.78, 5) is 51.2. The molecule has 0 atom stereocenters. The van der Waals surface area contributed by atoms with Crippen LogP contribution in [0.5, 0.6) is 0 Å². The van der Waals surface area contributed by atoms with Crippen LogP contribution in [-0.4, -0.2) is 126 Å². The summed E-state index contributed by atoms with van der Waals surface area (Å²) in [6.45, 7) is 12.0. The Labute approximate surface area is 217 Å². The molecule has 0 aromatic heterocycles. The van der Waals surface area contributed by atoms with E-state index in [0.717, 1.165) is 32.7 Å². The molecule has 0 bridgehead atoms. The first-order valence-corrected chi connectivity index (χ1v) is 13.2. The summed E-state index contributed by atoms with van der Waals surface area (Å²) < 4.78 is 0. The predicted molar refractivity (Wildman–Crippen MR) is 143 cm³/mol. The van der Waals surface area contributed by atoms with E-state index in [4.69, 9.17) is 0 Å². The van der Waals surface area contributed by atoms with E-state index >= 15 is 0 Å². The fraction of sp³-hybridized carbons (Fsp3) is 0.833. The molecule has 0 heterocycles. The molecule has 0 fully saturated rings. The van der Waals surface area contributed by atoms with Crippen molar-refractivity contribution in [3.05, 3.63) is 0 Å². The van der Waals surface area contributed by atoms with Crippen molar-refractivity contribution in [2.45, 2.75) is 39.5 Å². The second kappa shape index (κ2) is 23.1. The van der Waals surface area contributed by atoms with Crippen molar-refractivity contribution in [3.8, 4) is 0 Å². The van der Waals surface area contributed by atoms with Gasteiger partial charge in [-0.15, -0.1) is 0 Å². The van der Waals surface area contributed by atoms with E-state index in [1.165, 1.54) is 0 Å². The monoisotopic (exact) mass is 514 g/mol. The molecule has 0 unspecified atom stereocenters. The topological polar surface area (TPSA) is 147 Å². The fourth-order valence-electron chi connectivity index (χ4n) is 3.42. The molecule has 0 aromatic rings. The van der Waals surface area contributed by atoms with E-state index in [0.29, 0.717) is 71.5 Å². The number of hydrogen-bond donors (Lipinski definition) is 6. The smallest absolute Gasteiger partial charge is 0.221 e. The van der Waals surface area contributed by atoms with Crippen LogP contribution in [0.2, 0.25) is 0 Å². The Bertz CT molecular complexity index is 621. The normalized spacial score (nSPS) is 10.9. The second-order valence-electron chi connectivity index (χ2n) is 8.44. The second-order valence-corrected chi connectivity index (χ2v) is 8.44. The maximum Gasteiger partial charge on any atom is 0.221 e. The molecule has 6 N–H and O–H groups in total. The van der Waals surface area contributed by atoms with Gasteiger partial charge in [-0.2, -0.15) is 0 Å². The van der Waals surface area contributed by atoms with Gasteiger partial charge in [-0.1, -0.05) is 0 Å². The van der Waals surface area contributed by atoms with Gasteiger partial charge in [0.05, 0.1) is 0 Å². The predicted octanol–water partition coefficient (Wildman–Crippen LogP) is -1.91. The molecule has 0 aromatic carbocycles. The molecule has 36 heavy (non-hydrogen) atoms. The fourth-order valence-corrected chi connectivity index (χ4v) is 3.42. The van der Waals surface area contributed by atoms with E-state index < -0.39 is 0 Å². The number of nitrogens with zero attached hydrogens (tertiary/aromatic N) is 2. The summed E-state index contributed by atoms with van der Waals surface area (Å²) in [5.74, 6) is 0.0260. The van der Waals surface area contributed by atoms with Crippen molar-refractivity contribution in [2.24, 2.45) is 0 Å². The number of carbonyl (C=O) groups excluding carboxylic acids is 4. The number of rotatable bonds is 23. The molecule has 12 nitrogen and oxygen atoms in total. The molecule has 0 saturated carbocycles. The Morgan fingerprint density at radius 1 is 0.500 bits per heavy atom. The van der Waals surface area contributed by atoms with Crippen molar-refractivity contribution in [3.63, 3.8) is 0 Å². The van der Waals surface area contributed by atoms with Crippen molar-refractivity contribution in [1.29, 1.82) is 0 Å². The number of amides is 4. The van der Waals surface area contributed by atoms with Gasteiger partial charge < -0.3 is 41.7 Å². The average Bonchev–Trinajstić information content (AvgIpc) is 2.87. The first-order chi connectivity index (χ1) is 17.4. The quantitative estimate of drug-likeness (QED) is 0.0867. The largest absolute Gasteiger partial charge is 0.359 e. The highest BCUT2D eigenvalue weighted by atomic mass is 16.2. The van der Waals surface area contributed by atoms with Crippen molar-refractivity contribution < 1.29 is 19.2 Å². The highest BCUT2D eigenvalue weighted by Gasteiger charge is 2.13. The van der Waals surface area contributed by atoms with Crippen LogP contribution in [0, 0.1) is 0 Å². The summed E-state index contributed by atoms with van der Waals surface area (Å²) >= 11 is 0. The molecule has 4 amide bonds. The zero-order valence-corrected chi connectivity index (χ0v) is 22.8. The number of carbonyl (C=O) groups is 4. The third-order valence-electron chi connectivity index (χ3n) is 5.62. The molecule has 0 spiro atoms. The molecule has 0 rings (SSSR count). The summed E-state index contributed by atoms with van der Waals surface area (Å²) in [5.41, 5.74) is 0. The maximum atomic E-state index is 11.9. The molecular formula is C24H50N8O4. The highest BCUT2D eigenvalue weighted by Crippen LogP contribution is 1.99. The van der Waals surface area contributed by atoms with E-state index in [1.807, 2.05) is 13.8 Å². The minimum absolute atomic E-state index is 0.00252. The average molecular weight is 515 g/mol. The standard InChI is InChI=1S/C24H50N8O4/c1-5-29-23(35)7-11-27-12-13-28-14-18-32(16-9-22(34)26-4)20-19-31(15-8-21(33)25-3)17-10-24(36)30-6-2/h27-28H,5-20H2,1-4H3,(H,25,33)(H,26,34)(H,29,35)(H,30,36). The van der Waals surface area contributed by atoms with Gasteiger partial charge in [0.15, 0.2) is 0 Å². The zero-order valence-electron chi connectivity index (χ0n) is 22.8. The lowest BCUT2D eigenvalue weighted by molar-refractivity contribution is -0.122. The van der Waals surface area contributed by atoms with Crippen LogP contribution in [0.15, 0.2) is 0 Å². The third kappa shape index (κ3) is 20.0. The van der Waals surface area contributed by atoms with Gasteiger partial charge in [0, 0.05) is 118 Å². The Hall–Kier alpha value is -2.28. The lowest BCUT2D eigenvalue weighted by atomic mass is 10.3. The summed E-state index contributed by atoms with van der Waals surface area (Å²) in [6, 6.07) is 0. The minimum Gasteiger partial charge on any atom is -0.359 e. The number of nitrogens with one attached hydrogen (secondary N) is 6. The van der Waals surface area contributed by atoms with Crippen LogP contribution in [0.1, 0.15) is 39.5 Å². The molecule has 12 heteroatoms. The maximum absolute atomic E-state index is 11.9. The Morgan fingerprint density at radius 3 is 1.39 bits per heavy atom. The number of hydrogen-bond acceptors (Lipinski definition) is 8. The van der Waals surface area contributed by atoms with Crippen molar-refractivity contribution in [2.75, 3.05) is 92.6 Å². The lowest BCUT2D eigenvalue weighted by Crippen LogP contribution is -2.42. The molecule has 210 valence electrons. The lowest BCUT2D eigenvalue weighted by Gasteiger charge is -2.27. The molecular weight excluding hydrogens is 464 g/mol. The molecule has 0 aliphatic carbocycles. The van der Waals surface area contributed by atoms with Crippen LogP contribution in [0.25, 0.3) is 0 Å². The van der Waals surface area contributed by atoms with Crippen LogP contribution >= 0.6 is 0 Å². The van der Waals surface area contributed by atoms with Crippen LogP contribution in [-0.2, 0) is 19.2 Å². The van der Waals surface area contributed by atoms with Gasteiger partial charge in [0.2, 0.25) is 23.6 Å². The molecule has 0 radical (unpaired) electrons. The van der Waals surface area contributed by atoms with E-state index in [-0.39, 0.29) is 23.6 Å². The van der Waals surface area contributed by atoms with Gasteiger partial charge in [-0.05, 0) is 13.8 Å². The Morgan fingerprint density at radius 2 is 0.917 bits per heavy atom. The van der Waals surface area contributed by atoms with Gasteiger partial charge in [-0.25, -0.2) is 0 Å². The van der Waals surface area contributed by atoms with Gasteiger partial charge in [0.25, 0.3) is 0 Å². The molecule has 0 aliphatic heterocycles. The van der Waals surface area contributed by atoms with Crippen molar-refractivity contribution >= 4 is 23.6 Å². The van der Waals surface area contributed by atoms with Crippen LogP contribution < -0.4 is 31.9 Å². The Balaban J connectivity index is 4.56. The summed E-state index contributed by atoms with van der Waals surface area (Å²) in [5, 5.41) is 17.5. The van der Waals surface area contributed by atoms with E-state index in [1.54, 1.807) is 14.1 Å². The van der Waals surface area contributed by atoms with Gasteiger partial charge in [0.1, 0.15) is 0 Å². The Kier molecular flexibility index (Phi) is 21.7. The first kappa shape index (κ1) is 33.7. The van der Waals surface area contributed by atoms with E-state index in [2.05, 4.69) is 41.7 Å². The summed E-state index contributed by atoms with van der Waals surface area (Å²) in [6.07, 6.45) is 1.64. The first-order valence-electron chi connectivity index (χ1n) is 13.2. The zero-order chi connectivity index (χ0) is 27.0. The van der Waals surface area contributed by atoms with Gasteiger partial charge >= 0.3 is 0 Å². The highest BCUT2D eigenvalue weighted by molar-refractivity contribution is 5.77. The third-order valence-corrected chi connectivity index (χ3v) is 5.62. The van der Waals surface area contributed by atoms with Gasteiger partial charge in [-0.3, -0.25) is 19.2 Å². The molecule has 0 aliphatic rings. The van der Waals surface area contributed by atoms with Crippen molar-refractivity contribution in [1.82, 2.24) is 41.7 Å². The molecule has 0 saturated heterocycles. The van der Waals surface area contributed by atoms with Crippen LogP contribution in [0.3, 0.4) is 0 Å². The minimum atomic E-state index is -0.0294. The van der Waals surface area contributed by atoms with E-state index in [9.17, 15) is 19.2 Å². The summed E-state index contributed by atoms with van der Waals surface area (Å²) in [7, 11) is 3.25. The van der Waals surface area contributed by atoms with Crippen LogP contribution in [0.4, 0.5) is 0 Å². The SMILES string of the molecule is CCNC(=O)CCNCCNCCN(CCC(=O)NC)CCN(CCC(=O)NC)CCC(=O)NCC.